The summed E-state index contributed by atoms with van der Waals surface area (Å²) in [6.45, 7) is 2.03. The normalized spacial score (nSPS) is 14.7. The molecule has 5 rings (SSSR count). The highest BCUT2D eigenvalue weighted by atomic mass is 33.1. The van der Waals surface area contributed by atoms with Gasteiger partial charge in [-0.1, -0.05) is 57.4 Å². The maximum Gasteiger partial charge on any atom is 0.347 e. The van der Waals surface area contributed by atoms with Crippen LogP contribution in [0.1, 0.15) is 34.2 Å². The summed E-state index contributed by atoms with van der Waals surface area (Å²) in [4.78, 5) is 55.8. The number of hydrogen-bond donors (Lipinski definition) is 2. The molecule has 2 heterocycles. The molecular formula is C36H32N4O5S2. The van der Waals surface area contributed by atoms with Crippen LogP contribution < -0.4 is 16.1 Å². The summed E-state index contributed by atoms with van der Waals surface area (Å²) in [5.41, 5.74) is 5.48. The molecule has 238 valence electrons. The van der Waals surface area contributed by atoms with Gasteiger partial charge >= 0.3 is 5.97 Å². The van der Waals surface area contributed by atoms with Crippen LogP contribution in [0.5, 0.6) is 0 Å². The monoisotopic (exact) mass is 664 g/mol. The van der Waals surface area contributed by atoms with E-state index in [2.05, 4.69) is 63.0 Å². The van der Waals surface area contributed by atoms with Crippen molar-refractivity contribution in [3.63, 3.8) is 0 Å². The van der Waals surface area contributed by atoms with Gasteiger partial charge in [0.05, 0.1) is 0 Å². The lowest BCUT2D eigenvalue weighted by Gasteiger charge is -2.21. The molecule has 0 spiro atoms. The summed E-state index contributed by atoms with van der Waals surface area (Å²) in [5.74, 6) is 17.8. The van der Waals surface area contributed by atoms with E-state index in [1.807, 2.05) is 58.0 Å². The average molecular weight is 665 g/mol. The summed E-state index contributed by atoms with van der Waals surface area (Å²) >= 11 is 0. The van der Waals surface area contributed by atoms with Crippen LogP contribution in [-0.2, 0) is 30.4 Å². The summed E-state index contributed by atoms with van der Waals surface area (Å²) in [7, 11) is 3.87. The number of carbonyl (C=O) groups is 4. The van der Waals surface area contributed by atoms with Crippen LogP contribution in [0, 0.1) is 23.7 Å². The summed E-state index contributed by atoms with van der Waals surface area (Å²) in [5, 5.41) is 2.57. The van der Waals surface area contributed by atoms with Crippen molar-refractivity contribution in [2.24, 2.45) is 5.90 Å². The second kappa shape index (κ2) is 16.6. The van der Waals surface area contributed by atoms with E-state index in [1.165, 1.54) is 5.69 Å². The molecule has 2 aliphatic heterocycles. The number of carbonyl (C=O) groups excluding carboxylic acids is 4. The molecule has 1 saturated heterocycles. The van der Waals surface area contributed by atoms with Gasteiger partial charge in [-0.05, 0) is 66.2 Å². The van der Waals surface area contributed by atoms with E-state index < -0.39 is 29.7 Å². The largest absolute Gasteiger partial charge is 0.372 e. The molecule has 47 heavy (non-hydrogen) atoms. The van der Waals surface area contributed by atoms with Gasteiger partial charge in [0.1, 0.15) is 6.04 Å². The zero-order valence-electron chi connectivity index (χ0n) is 25.4. The van der Waals surface area contributed by atoms with Crippen molar-refractivity contribution in [2.75, 3.05) is 36.0 Å². The SMILES string of the molecule is NOC(=O)C(Cc1ccc(C#Cc2ccc(C#Cc3ccc(N4CCSSCC4)cc3)cc2)cc1)NC(=O)CCN1C(=O)C=CC1=O. The van der Waals surface area contributed by atoms with Gasteiger partial charge in [0.25, 0.3) is 11.8 Å². The third kappa shape index (κ3) is 9.77. The Morgan fingerprint density at radius 1 is 0.766 bits per heavy atom. The van der Waals surface area contributed by atoms with Gasteiger partial charge in [-0.2, -0.15) is 5.90 Å². The lowest BCUT2D eigenvalue weighted by molar-refractivity contribution is -0.148. The lowest BCUT2D eigenvalue weighted by Crippen LogP contribution is -2.45. The Kier molecular flexibility index (Phi) is 11.8. The van der Waals surface area contributed by atoms with E-state index in [1.54, 1.807) is 12.1 Å². The van der Waals surface area contributed by atoms with E-state index in [0.717, 1.165) is 69.5 Å². The minimum Gasteiger partial charge on any atom is -0.372 e. The van der Waals surface area contributed by atoms with Gasteiger partial charge in [-0.15, -0.1) is 0 Å². The number of amides is 3. The van der Waals surface area contributed by atoms with E-state index in [4.69, 9.17) is 5.90 Å². The predicted octanol–water partition coefficient (Wildman–Crippen LogP) is 3.45. The van der Waals surface area contributed by atoms with Crippen molar-refractivity contribution >= 4 is 51.0 Å². The number of nitrogens with zero attached hydrogens (tertiary/aromatic N) is 2. The third-order valence-electron chi connectivity index (χ3n) is 7.38. The fraction of sp³-hybridized carbons (Fsp3) is 0.222. The molecule has 3 amide bonds. The van der Waals surface area contributed by atoms with Gasteiger partial charge < -0.3 is 15.1 Å². The Morgan fingerprint density at radius 2 is 1.23 bits per heavy atom. The molecule has 0 aliphatic carbocycles. The van der Waals surface area contributed by atoms with Gasteiger partial charge in [0, 0.05) is 84.1 Å². The maximum atomic E-state index is 12.4. The molecule has 0 aromatic heterocycles. The first-order valence-electron chi connectivity index (χ1n) is 14.9. The van der Waals surface area contributed by atoms with Crippen molar-refractivity contribution in [2.45, 2.75) is 18.9 Å². The summed E-state index contributed by atoms with van der Waals surface area (Å²) in [6.07, 6.45) is 2.25. The standard InChI is InChI=1S/C36H32N4O5S2/c37-45-36(44)32(38-33(41)19-20-40-34(42)17-18-35(40)43)25-30-11-9-28(10-12-30)6-5-26-1-3-27(4-2-26)7-8-29-13-15-31(16-14-29)39-21-23-46-47-24-22-39/h1-4,9-18,32H,19-25,37H2,(H,38,41). The van der Waals surface area contributed by atoms with Crippen molar-refractivity contribution in [3.8, 4) is 23.7 Å². The predicted molar refractivity (Wildman–Crippen MR) is 185 cm³/mol. The van der Waals surface area contributed by atoms with Crippen LogP contribution in [0.2, 0.25) is 0 Å². The van der Waals surface area contributed by atoms with E-state index in [-0.39, 0.29) is 19.4 Å². The topological polar surface area (TPSA) is 122 Å². The van der Waals surface area contributed by atoms with Crippen LogP contribution in [0.15, 0.2) is 84.9 Å². The number of nitrogens with one attached hydrogen (secondary N) is 1. The van der Waals surface area contributed by atoms with Crippen molar-refractivity contribution in [1.29, 1.82) is 0 Å². The highest BCUT2D eigenvalue weighted by Gasteiger charge is 2.26. The Bertz CT molecular complexity index is 1740. The van der Waals surface area contributed by atoms with Crippen LogP contribution in [-0.4, -0.2) is 65.8 Å². The Labute approximate surface area is 281 Å². The van der Waals surface area contributed by atoms with Gasteiger partial charge in [0.15, 0.2) is 0 Å². The minimum atomic E-state index is -1.05. The highest BCUT2D eigenvalue weighted by molar-refractivity contribution is 8.76. The number of benzene rings is 3. The Balaban J connectivity index is 1.13. The number of hydrogen-bond acceptors (Lipinski definition) is 9. The van der Waals surface area contributed by atoms with E-state index in [9.17, 15) is 19.2 Å². The van der Waals surface area contributed by atoms with Crippen molar-refractivity contribution < 1.29 is 24.0 Å². The summed E-state index contributed by atoms with van der Waals surface area (Å²) in [6, 6.07) is 22.4. The molecule has 3 aromatic carbocycles. The first kappa shape index (κ1) is 33.4. The zero-order chi connectivity index (χ0) is 33.0. The Morgan fingerprint density at radius 3 is 1.72 bits per heavy atom. The number of nitrogens with two attached hydrogens (primary N) is 1. The first-order valence-corrected chi connectivity index (χ1v) is 17.4. The second-order valence-corrected chi connectivity index (χ2v) is 13.3. The Hall–Kier alpha value is -4.94. The molecule has 3 aromatic rings. The number of anilines is 1. The van der Waals surface area contributed by atoms with Gasteiger partial charge in [-0.25, -0.2) is 4.79 Å². The molecule has 0 bridgehead atoms. The lowest BCUT2D eigenvalue weighted by atomic mass is 10.0. The van der Waals surface area contributed by atoms with Crippen molar-refractivity contribution in [3.05, 3.63) is 113 Å². The van der Waals surface area contributed by atoms with Crippen LogP contribution >= 0.6 is 21.6 Å². The first-order chi connectivity index (χ1) is 22.9. The zero-order valence-corrected chi connectivity index (χ0v) is 27.1. The molecule has 3 N–H and O–H groups in total. The molecule has 1 unspecified atom stereocenters. The highest BCUT2D eigenvalue weighted by Crippen LogP contribution is 2.26. The van der Waals surface area contributed by atoms with Crippen LogP contribution in [0.25, 0.3) is 0 Å². The molecule has 0 radical (unpaired) electrons. The van der Waals surface area contributed by atoms with Gasteiger partial charge in [0.2, 0.25) is 5.91 Å². The molecular weight excluding hydrogens is 633 g/mol. The average Bonchev–Trinajstić information content (AvgIpc) is 3.25. The van der Waals surface area contributed by atoms with E-state index >= 15 is 0 Å². The smallest absolute Gasteiger partial charge is 0.347 e. The fourth-order valence-electron chi connectivity index (χ4n) is 4.83. The molecule has 9 nitrogen and oxygen atoms in total. The molecule has 1 atom stereocenters. The number of imide groups is 1. The molecule has 0 saturated carbocycles. The second-order valence-electron chi connectivity index (χ2n) is 10.6. The minimum absolute atomic E-state index is 0.100. The van der Waals surface area contributed by atoms with Crippen LogP contribution in [0.4, 0.5) is 5.69 Å². The third-order valence-corrected chi connectivity index (χ3v) is 9.75. The van der Waals surface area contributed by atoms with E-state index in [0.29, 0.717) is 0 Å². The number of rotatable bonds is 8. The molecule has 2 aliphatic rings. The van der Waals surface area contributed by atoms with Crippen molar-refractivity contribution in [1.82, 2.24) is 10.2 Å². The quantitative estimate of drug-likeness (QED) is 0.161. The van der Waals surface area contributed by atoms with Crippen LogP contribution in [0.3, 0.4) is 0 Å². The fourth-order valence-corrected chi connectivity index (χ4v) is 6.81. The van der Waals surface area contributed by atoms with Gasteiger partial charge in [-0.3, -0.25) is 19.3 Å². The maximum absolute atomic E-state index is 12.4. The summed E-state index contributed by atoms with van der Waals surface area (Å²) < 4.78 is 0. The molecule has 11 heteroatoms. The molecule has 1 fully saturated rings.